The number of amides is 2. The highest BCUT2D eigenvalue weighted by Crippen LogP contribution is 2.25. The lowest BCUT2D eigenvalue weighted by Gasteiger charge is -2.31. The third-order valence-corrected chi connectivity index (χ3v) is 4.72. The first-order chi connectivity index (χ1) is 10.5. The lowest BCUT2D eigenvalue weighted by atomic mass is 9.97. The first kappa shape index (κ1) is 16.8. The van der Waals surface area contributed by atoms with Crippen molar-refractivity contribution in [3.05, 3.63) is 0 Å². The van der Waals surface area contributed by atoms with Crippen LogP contribution in [0.25, 0.3) is 0 Å². The molecule has 2 N–H and O–H groups in total. The second kappa shape index (κ2) is 7.61. The molecule has 0 radical (unpaired) electrons. The van der Waals surface area contributed by atoms with E-state index in [9.17, 15) is 14.4 Å². The van der Waals surface area contributed by atoms with Crippen molar-refractivity contribution in [2.45, 2.75) is 57.9 Å². The van der Waals surface area contributed by atoms with Crippen LogP contribution in [0, 0.1) is 11.8 Å². The van der Waals surface area contributed by atoms with Crippen molar-refractivity contribution < 1.29 is 19.5 Å². The topological polar surface area (TPSA) is 86.7 Å². The Hall–Kier alpha value is -1.59. The Morgan fingerprint density at radius 2 is 1.77 bits per heavy atom. The van der Waals surface area contributed by atoms with E-state index in [1.165, 1.54) is 0 Å². The summed E-state index contributed by atoms with van der Waals surface area (Å²) >= 11 is 0. The van der Waals surface area contributed by atoms with Crippen molar-refractivity contribution in [2.75, 3.05) is 13.1 Å². The lowest BCUT2D eigenvalue weighted by molar-refractivity contribution is -0.145. The molecule has 1 saturated carbocycles. The van der Waals surface area contributed by atoms with Gasteiger partial charge in [-0.05, 0) is 32.6 Å². The number of piperidine rings is 1. The highest BCUT2D eigenvalue weighted by atomic mass is 16.4. The fourth-order valence-corrected chi connectivity index (χ4v) is 3.40. The van der Waals surface area contributed by atoms with E-state index >= 15 is 0 Å². The summed E-state index contributed by atoms with van der Waals surface area (Å²) < 4.78 is 0. The van der Waals surface area contributed by atoms with Gasteiger partial charge in [-0.25, -0.2) is 0 Å². The first-order valence-corrected chi connectivity index (χ1v) is 8.28. The minimum Gasteiger partial charge on any atom is -0.481 e. The number of hydrogen-bond acceptors (Lipinski definition) is 3. The van der Waals surface area contributed by atoms with E-state index in [-0.39, 0.29) is 36.7 Å². The van der Waals surface area contributed by atoms with E-state index in [0.29, 0.717) is 13.0 Å². The van der Waals surface area contributed by atoms with E-state index in [1.54, 1.807) is 4.90 Å². The van der Waals surface area contributed by atoms with Gasteiger partial charge in [0.25, 0.3) is 0 Å². The van der Waals surface area contributed by atoms with Crippen LogP contribution in [-0.4, -0.2) is 46.9 Å². The van der Waals surface area contributed by atoms with E-state index < -0.39 is 11.9 Å². The molecule has 2 atom stereocenters. The molecule has 0 spiro atoms. The molecule has 0 aromatic carbocycles. The van der Waals surface area contributed by atoms with Crippen molar-refractivity contribution in [2.24, 2.45) is 11.8 Å². The number of carbonyl (C=O) groups excluding carboxylic acids is 2. The van der Waals surface area contributed by atoms with Gasteiger partial charge in [0.1, 0.15) is 0 Å². The molecule has 2 amide bonds. The van der Waals surface area contributed by atoms with E-state index in [4.69, 9.17) is 5.11 Å². The normalized spacial score (nSPS) is 24.0. The van der Waals surface area contributed by atoms with Crippen molar-refractivity contribution in [1.29, 1.82) is 0 Å². The zero-order chi connectivity index (χ0) is 16.1. The van der Waals surface area contributed by atoms with Crippen LogP contribution in [0.15, 0.2) is 0 Å². The molecule has 124 valence electrons. The molecule has 1 unspecified atom stereocenters. The van der Waals surface area contributed by atoms with Crippen molar-refractivity contribution in [3.8, 4) is 0 Å². The second-order valence-electron chi connectivity index (χ2n) is 6.61. The Morgan fingerprint density at radius 3 is 2.41 bits per heavy atom. The Morgan fingerprint density at radius 1 is 1.14 bits per heavy atom. The zero-order valence-electron chi connectivity index (χ0n) is 13.2. The number of carboxylic acids is 1. The molecular formula is C16H26N2O4. The molecule has 0 bridgehead atoms. The molecular weight excluding hydrogens is 284 g/mol. The average Bonchev–Trinajstić information content (AvgIpc) is 3.01. The number of hydrogen-bond donors (Lipinski definition) is 2. The largest absolute Gasteiger partial charge is 0.481 e. The van der Waals surface area contributed by atoms with Gasteiger partial charge in [0.05, 0.1) is 5.92 Å². The number of likely N-dealkylation sites (tertiary alicyclic amines) is 1. The van der Waals surface area contributed by atoms with Gasteiger partial charge in [0.15, 0.2) is 0 Å². The molecule has 6 heteroatoms. The summed E-state index contributed by atoms with van der Waals surface area (Å²) in [6.07, 6.45) is 5.70. The van der Waals surface area contributed by atoms with Gasteiger partial charge in [-0.15, -0.1) is 0 Å². The highest BCUT2D eigenvalue weighted by molar-refractivity contribution is 5.81. The molecule has 1 saturated heterocycles. The Labute approximate surface area is 131 Å². The number of nitrogens with zero attached hydrogens (tertiary/aromatic N) is 1. The lowest BCUT2D eigenvalue weighted by Crippen LogP contribution is -2.45. The molecule has 0 aromatic heterocycles. The molecule has 1 aliphatic heterocycles. The quantitative estimate of drug-likeness (QED) is 0.803. The van der Waals surface area contributed by atoms with Gasteiger partial charge in [-0.1, -0.05) is 12.8 Å². The SMILES string of the molecule is CC(CC(=O)N1CCC[C@H](C(=O)O)C1)NC(=O)C1CCCC1. The fraction of sp³-hybridized carbons (Fsp3) is 0.812. The molecule has 0 aromatic rings. The Bertz CT molecular complexity index is 432. The molecule has 1 aliphatic carbocycles. The highest BCUT2D eigenvalue weighted by Gasteiger charge is 2.29. The predicted octanol–water partition coefficient (Wildman–Crippen LogP) is 1.39. The van der Waals surface area contributed by atoms with Crippen molar-refractivity contribution in [1.82, 2.24) is 10.2 Å². The van der Waals surface area contributed by atoms with Crippen molar-refractivity contribution >= 4 is 17.8 Å². The standard InChI is InChI=1S/C16H26N2O4/c1-11(17-15(20)12-5-2-3-6-12)9-14(19)18-8-4-7-13(10-18)16(21)22/h11-13H,2-10H2,1H3,(H,17,20)(H,21,22)/t11?,13-/m0/s1. The molecule has 2 aliphatic rings. The summed E-state index contributed by atoms with van der Waals surface area (Å²) in [5, 5.41) is 12.0. The molecule has 6 nitrogen and oxygen atoms in total. The number of nitrogens with one attached hydrogen (secondary N) is 1. The molecule has 2 rings (SSSR count). The molecule has 1 heterocycles. The maximum atomic E-state index is 12.3. The third kappa shape index (κ3) is 4.45. The van der Waals surface area contributed by atoms with E-state index in [0.717, 1.165) is 32.1 Å². The van der Waals surface area contributed by atoms with Gasteiger partial charge >= 0.3 is 5.97 Å². The Balaban J connectivity index is 1.77. The minimum absolute atomic E-state index is 0.0554. The van der Waals surface area contributed by atoms with E-state index in [2.05, 4.69) is 5.32 Å². The fourth-order valence-electron chi connectivity index (χ4n) is 3.40. The van der Waals surface area contributed by atoms with Gasteiger partial charge in [-0.3, -0.25) is 14.4 Å². The van der Waals surface area contributed by atoms with Gasteiger partial charge in [0.2, 0.25) is 11.8 Å². The smallest absolute Gasteiger partial charge is 0.308 e. The number of rotatable bonds is 5. The predicted molar refractivity (Wildman–Crippen MR) is 81.1 cm³/mol. The minimum atomic E-state index is -0.833. The number of carboxylic acid groups (broad SMARTS) is 1. The van der Waals surface area contributed by atoms with Gasteiger partial charge in [-0.2, -0.15) is 0 Å². The number of aliphatic carboxylic acids is 1. The van der Waals surface area contributed by atoms with Crippen LogP contribution in [0.2, 0.25) is 0 Å². The van der Waals surface area contributed by atoms with Crippen LogP contribution >= 0.6 is 0 Å². The average molecular weight is 310 g/mol. The zero-order valence-corrected chi connectivity index (χ0v) is 13.2. The summed E-state index contributed by atoms with van der Waals surface area (Å²) in [4.78, 5) is 37.0. The van der Waals surface area contributed by atoms with Crippen LogP contribution < -0.4 is 5.32 Å². The van der Waals surface area contributed by atoms with Crippen LogP contribution in [0.5, 0.6) is 0 Å². The summed E-state index contributed by atoms with van der Waals surface area (Å²) in [5.74, 6) is -1.20. The summed E-state index contributed by atoms with van der Waals surface area (Å²) in [6.45, 7) is 2.74. The Kier molecular flexibility index (Phi) is 5.80. The second-order valence-corrected chi connectivity index (χ2v) is 6.61. The monoisotopic (exact) mass is 310 g/mol. The maximum Gasteiger partial charge on any atom is 0.308 e. The molecule has 2 fully saturated rings. The third-order valence-electron chi connectivity index (χ3n) is 4.72. The van der Waals surface area contributed by atoms with E-state index in [1.807, 2.05) is 6.92 Å². The molecule has 22 heavy (non-hydrogen) atoms. The van der Waals surface area contributed by atoms with Crippen molar-refractivity contribution in [3.63, 3.8) is 0 Å². The summed E-state index contributed by atoms with van der Waals surface area (Å²) in [7, 11) is 0. The number of carbonyl (C=O) groups is 3. The summed E-state index contributed by atoms with van der Waals surface area (Å²) in [5.41, 5.74) is 0. The van der Waals surface area contributed by atoms with Crippen LogP contribution in [0.1, 0.15) is 51.9 Å². The van der Waals surface area contributed by atoms with Crippen LogP contribution in [0.3, 0.4) is 0 Å². The van der Waals surface area contributed by atoms with Crippen LogP contribution in [-0.2, 0) is 14.4 Å². The first-order valence-electron chi connectivity index (χ1n) is 8.28. The van der Waals surface area contributed by atoms with Gasteiger partial charge < -0.3 is 15.3 Å². The maximum absolute atomic E-state index is 12.3. The summed E-state index contributed by atoms with van der Waals surface area (Å²) in [6, 6.07) is -0.203. The van der Waals surface area contributed by atoms with Gasteiger partial charge in [0, 0.05) is 31.5 Å². The van der Waals surface area contributed by atoms with Crippen LogP contribution in [0.4, 0.5) is 0 Å².